The molecule has 24 heavy (non-hydrogen) atoms. The number of nitrogens with two attached hydrogens (primary N) is 1. The molecular weight excluding hydrogens is 298 g/mol. The average molecular weight is 323 g/mol. The van der Waals surface area contributed by atoms with Gasteiger partial charge in [0, 0.05) is 13.0 Å². The van der Waals surface area contributed by atoms with Gasteiger partial charge in [-0.15, -0.1) is 0 Å². The lowest BCUT2D eigenvalue weighted by molar-refractivity contribution is 0.303. The van der Waals surface area contributed by atoms with Gasteiger partial charge in [-0.05, 0) is 56.1 Å². The molecule has 4 nitrogen and oxygen atoms in total. The van der Waals surface area contributed by atoms with E-state index in [1.165, 1.54) is 11.1 Å². The molecule has 0 amide bonds. The van der Waals surface area contributed by atoms with Crippen molar-refractivity contribution < 1.29 is 4.74 Å². The lowest BCUT2D eigenvalue weighted by Crippen LogP contribution is -2.11. The molecule has 1 aromatic heterocycles. The largest absolute Gasteiger partial charge is 0.494 e. The third kappa shape index (κ3) is 3.95. The number of aryl methyl sites for hydroxylation is 2. The van der Waals surface area contributed by atoms with Crippen LogP contribution in [-0.4, -0.2) is 22.7 Å². The number of rotatable bonds is 8. The van der Waals surface area contributed by atoms with Crippen molar-refractivity contribution in [2.45, 2.75) is 32.7 Å². The summed E-state index contributed by atoms with van der Waals surface area (Å²) in [6.07, 6.45) is 2.89. The summed E-state index contributed by atoms with van der Waals surface area (Å²) in [5.41, 5.74) is 9.20. The van der Waals surface area contributed by atoms with Crippen molar-refractivity contribution in [3.05, 3.63) is 59.9 Å². The van der Waals surface area contributed by atoms with Gasteiger partial charge in [-0.3, -0.25) is 0 Å². The van der Waals surface area contributed by atoms with Gasteiger partial charge in [-0.25, -0.2) is 4.98 Å². The highest BCUT2D eigenvalue weighted by atomic mass is 16.5. The minimum Gasteiger partial charge on any atom is -0.494 e. The summed E-state index contributed by atoms with van der Waals surface area (Å²) >= 11 is 0. The van der Waals surface area contributed by atoms with Crippen LogP contribution in [0.5, 0.6) is 5.75 Å². The molecule has 4 heteroatoms. The van der Waals surface area contributed by atoms with E-state index >= 15 is 0 Å². The van der Waals surface area contributed by atoms with Gasteiger partial charge in [-0.2, -0.15) is 0 Å². The van der Waals surface area contributed by atoms with Crippen molar-refractivity contribution in [3.8, 4) is 5.75 Å². The molecule has 3 aromatic rings. The molecule has 0 aliphatic heterocycles. The van der Waals surface area contributed by atoms with Crippen LogP contribution in [0, 0.1) is 6.92 Å². The molecule has 2 N–H and O–H groups in total. The van der Waals surface area contributed by atoms with Gasteiger partial charge in [0.15, 0.2) is 0 Å². The second kappa shape index (κ2) is 7.97. The van der Waals surface area contributed by atoms with E-state index in [9.17, 15) is 0 Å². The minimum atomic E-state index is 0.625. The average Bonchev–Trinajstić information content (AvgIpc) is 2.93. The zero-order valence-corrected chi connectivity index (χ0v) is 14.2. The molecule has 0 bridgehead atoms. The topological polar surface area (TPSA) is 53.1 Å². The lowest BCUT2D eigenvalue weighted by Gasteiger charge is -2.10. The van der Waals surface area contributed by atoms with Crippen molar-refractivity contribution >= 4 is 11.0 Å². The van der Waals surface area contributed by atoms with Crippen LogP contribution in [0.4, 0.5) is 0 Å². The highest BCUT2D eigenvalue weighted by molar-refractivity contribution is 5.75. The summed E-state index contributed by atoms with van der Waals surface area (Å²) < 4.78 is 8.13. The van der Waals surface area contributed by atoms with Gasteiger partial charge in [0.25, 0.3) is 0 Å². The molecule has 0 saturated carbocycles. The number of para-hydroxylation sites is 2. The number of aromatic nitrogens is 2. The van der Waals surface area contributed by atoms with Crippen LogP contribution in [0.1, 0.15) is 24.2 Å². The van der Waals surface area contributed by atoms with Gasteiger partial charge in [0.2, 0.25) is 0 Å². The van der Waals surface area contributed by atoms with Gasteiger partial charge in [0.1, 0.15) is 11.6 Å². The molecule has 0 aliphatic carbocycles. The Morgan fingerprint density at radius 2 is 1.96 bits per heavy atom. The predicted molar refractivity (Wildman–Crippen MR) is 98.4 cm³/mol. The normalized spacial score (nSPS) is 11.1. The molecule has 0 spiro atoms. The number of benzene rings is 2. The second-order valence-corrected chi connectivity index (χ2v) is 6.08. The molecule has 0 fully saturated rings. The van der Waals surface area contributed by atoms with E-state index in [1.807, 2.05) is 18.2 Å². The molecule has 1 heterocycles. The van der Waals surface area contributed by atoms with Crippen molar-refractivity contribution in [1.29, 1.82) is 0 Å². The van der Waals surface area contributed by atoms with Crippen LogP contribution in [0.25, 0.3) is 11.0 Å². The fourth-order valence-electron chi connectivity index (χ4n) is 2.96. The predicted octanol–water partition coefficient (Wildman–Crippen LogP) is 3.71. The van der Waals surface area contributed by atoms with Crippen LogP contribution >= 0.6 is 0 Å². The Morgan fingerprint density at radius 3 is 2.79 bits per heavy atom. The smallest absolute Gasteiger partial charge is 0.119 e. The molecule has 0 unspecified atom stereocenters. The first-order chi connectivity index (χ1) is 11.8. The molecule has 0 aliphatic rings. The Hall–Kier alpha value is -2.33. The third-order valence-electron chi connectivity index (χ3n) is 4.14. The van der Waals surface area contributed by atoms with Gasteiger partial charge in [0.05, 0.1) is 17.6 Å². The van der Waals surface area contributed by atoms with Crippen LogP contribution in [0.3, 0.4) is 0 Å². The zero-order chi connectivity index (χ0) is 16.8. The molecule has 0 radical (unpaired) electrons. The Kier molecular flexibility index (Phi) is 5.49. The van der Waals surface area contributed by atoms with E-state index in [-0.39, 0.29) is 0 Å². The first kappa shape index (κ1) is 16.5. The fourth-order valence-corrected chi connectivity index (χ4v) is 2.96. The first-order valence-electron chi connectivity index (χ1n) is 8.61. The monoisotopic (exact) mass is 323 g/mol. The number of hydrogen-bond donors (Lipinski definition) is 1. The lowest BCUT2D eigenvalue weighted by atomic mass is 10.2. The molecule has 3 rings (SSSR count). The fraction of sp³-hybridized carbons (Fsp3) is 0.350. The number of fused-ring (bicyclic) bond motifs is 1. The Balaban J connectivity index is 1.56. The highest BCUT2D eigenvalue weighted by Crippen LogP contribution is 2.18. The summed E-state index contributed by atoms with van der Waals surface area (Å²) in [6.45, 7) is 4.39. The summed E-state index contributed by atoms with van der Waals surface area (Å²) in [4.78, 5) is 4.71. The molecule has 0 saturated heterocycles. The third-order valence-corrected chi connectivity index (χ3v) is 4.14. The quantitative estimate of drug-likeness (QED) is 0.643. The SMILES string of the molecule is Cc1cccc(OCCCCn2c(CCN)nc3ccccc32)c1. The molecule has 2 aromatic carbocycles. The number of nitrogens with zero attached hydrogens (tertiary/aromatic N) is 2. The molecule has 0 atom stereocenters. The summed E-state index contributed by atoms with van der Waals surface area (Å²) in [5, 5.41) is 0. The summed E-state index contributed by atoms with van der Waals surface area (Å²) in [7, 11) is 0. The molecular formula is C20H25N3O. The van der Waals surface area contributed by atoms with E-state index in [4.69, 9.17) is 15.5 Å². The van der Waals surface area contributed by atoms with Crippen molar-refractivity contribution in [2.24, 2.45) is 5.73 Å². The van der Waals surface area contributed by atoms with Crippen molar-refractivity contribution in [1.82, 2.24) is 9.55 Å². The maximum atomic E-state index is 5.83. The first-order valence-corrected chi connectivity index (χ1v) is 8.61. The standard InChI is InChI=1S/C20H25N3O/c1-16-7-6-8-17(15-16)24-14-5-4-13-23-19-10-3-2-9-18(19)22-20(23)11-12-21/h2-3,6-10,15H,4-5,11-14,21H2,1H3. The van der Waals surface area contributed by atoms with Crippen LogP contribution in [-0.2, 0) is 13.0 Å². The summed E-state index contributed by atoms with van der Waals surface area (Å²) in [6, 6.07) is 16.5. The number of imidazole rings is 1. The Morgan fingerprint density at radius 1 is 1.08 bits per heavy atom. The Bertz CT molecular complexity index is 794. The van der Waals surface area contributed by atoms with Gasteiger partial charge >= 0.3 is 0 Å². The number of hydrogen-bond acceptors (Lipinski definition) is 3. The van der Waals surface area contributed by atoms with E-state index in [0.717, 1.165) is 49.5 Å². The van der Waals surface area contributed by atoms with Crippen molar-refractivity contribution in [3.63, 3.8) is 0 Å². The summed E-state index contributed by atoms with van der Waals surface area (Å²) in [5.74, 6) is 2.03. The Labute approximate surface area is 143 Å². The van der Waals surface area contributed by atoms with E-state index in [0.29, 0.717) is 6.54 Å². The van der Waals surface area contributed by atoms with Crippen LogP contribution < -0.4 is 10.5 Å². The minimum absolute atomic E-state index is 0.625. The van der Waals surface area contributed by atoms with E-state index < -0.39 is 0 Å². The molecule has 126 valence electrons. The van der Waals surface area contributed by atoms with Crippen LogP contribution in [0.15, 0.2) is 48.5 Å². The zero-order valence-electron chi connectivity index (χ0n) is 14.2. The van der Waals surface area contributed by atoms with Crippen molar-refractivity contribution in [2.75, 3.05) is 13.2 Å². The van der Waals surface area contributed by atoms with E-state index in [2.05, 4.69) is 41.8 Å². The van der Waals surface area contributed by atoms with Crippen LogP contribution in [0.2, 0.25) is 0 Å². The van der Waals surface area contributed by atoms with Gasteiger partial charge < -0.3 is 15.0 Å². The van der Waals surface area contributed by atoms with Gasteiger partial charge in [-0.1, -0.05) is 24.3 Å². The maximum Gasteiger partial charge on any atom is 0.119 e. The highest BCUT2D eigenvalue weighted by Gasteiger charge is 2.09. The second-order valence-electron chi connectivity index (χ2n) is 6.08. The number of ether oxygens (including phenoxy) is 1. The van der Waals surface area contributed by atoms with E-state index in [1.54, 1.807) is 0 Å². The number of unbranched alkanes of at least 4 members (excludes halogenated alkanes) is 1. The maximum absolute atomic E-state index is 5.83.